The first-order valence-electron chi connectivity index (χ1n) is 5.21. The summed E-state index contributed by atoms with van der Waals surface area (Å²) in [5.74, 6) is 0. The maximum Gasteiger partial charge on any atom is 0.410 e. The largest absolute Gasteiger partial charge is 0.444 e. The first kappa shape index (κ1) is 12.9. The van der Waals surface area contributed by atoms with Gasteiger partial charge in [-0.3, -0.25) is 4.90 Å². The smallest absolute Gasteiger partial charge is 0.410 e. The van der Waals surface area contributed by atoms with Crippen molar-refractivity contribution in [1.82, 2.24) is 4.90 Å². The van der Waals surface area contributed by atoms with Gasteiger partial charge in [-0.25, -0.2) is 4.79 Å². The second-order valence-corrected chi connectivity index (χ2v) is 5.18. The van der Waals surface area contributed by atoms with Crippen LogP contribution >= 0.6 is 0 Å². The van der Waals surface area contributed by atoms with Gasteiger partial charge in [0.2, 0.25) is 0 Å². The summed E-state index contributed by atoms with van der Waals surface area (Å²) in [4.78, 5) is 23.1. The molecular formula is C10H18N2O4. The Balaban J connectivity index is 2.55. The molecule has 2 unspecified atom stereocenters. The van der Waals surface area contributed by atoms with Gasteiger partial charge in [-0.2, -0.15) is 4.91 Å². The van der Waals surface area contributed by atoms with Crippen LogP contribution in [0, 0.1) is 4.91 Å². The Labute approximate surface area is 94.5 Å². The molecule has 1 heterocycles. The summed E-state index contributed by atoms with van der Waals surface area (Å²) in [6.45, 7) is 6.87. The van der Waals surface area contributed by atoms with Gasteiger partial charge in [-0.15, -0.1) is 0 Å². The van der Waals surface area contributed by atoms with Crippen molar-refractivity contribution >= 4 is 6.09 Å². The van der Waals surface area contributed by atoms with Crippen molar-refractivity contribution in [3.8, 4) is 0 Å². The molecule has 6 nitrogen and oxygen atoms in total. The lowest BCUT2D eigenvalue weighted by atomic mass is 9.85. The van der Waals surface area contributed by atoms with Crippen molar-refractivity contribution in [2.24, 2.45) is 5.18 Å². The second kappa shape index (κ2) is 4.01. The minimum absolute atomic E-state index is 0.0921. The number of amides is 1. The number of β-amino-alcohol motifs (C(OH)–C–C–N with tert-alkyl or cyclic N) is 1. The van der Waals surface area contributed by atoms with E-state index in [0.717, 1.165) is 0 Å². The van der Waals surface area contributed by atoms with Crippen molar-refractivity contribution in [2.75, 3.05) is 13.1 Å². The number of rotatable bonds is 2. The average molecular weight is 230 g/mol. The van der Waals surface area contributed by atoms with Crippen LogP contribution in [0.5, 0.6) is 0 Å². The van der Waals surface area contributed by atoms with Gasteiger partial charge in [0.05, 0.1) is 12.6 Å². The van der Waals surface area contributed by atoms with Crippen molar-refractivity contribution < 1.29 is 14.6 Å². The normalized spacial score (nSPS) is 29.6. The molecule has 1 saturated heterocycles. The van der Waals surface area contributed by atoms with E-state index in [1.54, 1.807) is 27.7 Å². The number of nitrogens with zero attached hydrogens (tertiary/aromatic N) is 2. The molecule has 1 rings (SSSR count). The predicted molar refractivity (Wildman–Crippen MR) is 58.0 cm³/mol. The summed E-state index contributed by atoms with van der Waals surface area (Å²) < 4.78 is 5.15. The van der Waals surface area contributed by atoms with Gasteiger partial charge in [0.25, 0.3) is 0 Å². The van der Waals surface area contributed by atoms with Crippen LogP contribution in [-0.2, 0) is 4.74 Å². The maximum atomic E-state index is 11.6. The fraction of sp³-hybridized carbons (Fsp3) is 0.900. The summed E-state index contributed by atoms with van der Waals surface area (Å²) >= 11 is 0. The number of hydrogen-bond donors (Lipinski definition) is 1. The number of hydrogen-bond acceptors (Lipinski definition) is 5. The first-order valence-corrected chi connectivity index (χ1v) is 5.21. The van der Waals surface area contributed by atoms with Crippen LogP contribution in [0.3, 0.4) is 0 Å². The lowest BCUT2D eigenvalue weighted by Gasteiger charge is -2.51. The molecule has 16 heavy (non-hydrogen) atoms. The third kappa shape index (κ3) is 2.49. The molecule has 1 aliphatic rings. The standard InChI is InChI=1S/C10H18N2O4/c1-7-10(14,5-11-15)6-12(7)8(13)16-9(2,3)4/h7,14H,5-6H2,1-4H3. The van der Waals surface area contributed by atoms with Gasteiger partial charge < -0.3 is 9.84 Å². The maximum absolute atomic E-state index is 11.6. The molecule has 92 valence electrons. The highest BCUT2D eigenvalue weighted by atomic mass is 16.6. The van der Waals surface area contributed by atoms with Crippen LogP contribution in [0.4, 0.5) is 4.79 Å². The highest BCUT2D eigenvalue weighted by Gasteiger charge is 2.52. The zero-order chi connectivity index (χ0) is 12.6. The fourth-order valence-corrected chi connectivity index (χ4v) is 1.58. The number of carbonyl (C=O) groups is 1. The highest BCUT2D eigenvalue weighted by molar-refractivity contribution is 5.70. The minimum atomic E-state index is -1.20. The Bertz CT molecular complexity index is 300. The van der Waals surface area contributed by atoms with Gasteiger partial charge >= 0.3 is 6.09 Å². The van der Waals surface area contributed by atoms with E-state index in [-0.39, 0.29) is 13.1 Å². The van der Waals surface area contributed by atoms with Crippen LogP contribution in [-0.4, -0.2) is 46.4 Å². The van der Waals surface area contributed by atoms with E-state index < -0.39 is 23.3 Å². The quantitative estimate of drug-likeness (QED) is 0.721. The van der Waals surface area contributed by atoms with Crippen LogP contribution in [0.25, 0.3) is 0 Å². The molecule has 0 aromatic rings. The minimum Gasteiger partial charge on any atom is -0.444 e. The number of ether oxygens (including phenoxy) is 1. The molecule has 1 N–H and O–H groups in total. The average Bonchev–Trinajstić information content (AvgIpc) is 2.11. The van der Waals surface area contributed by atoms with Crippen LogP contribution < -0.4 is 0 Å². The Morgan fingerprint density at radius 2 is 2.19 bits per heavy atom. The second-order valence-electron chi connectivity index (χ2n) is 5.18. The molecule has 0 radical (unpaired) electrons. The molecule has 1 fully saturated rings. The molecular weight excluding hydrogens is 212 g/mol. The zero-order valence-electron chi connectivity index (χ0n) is 10.1. The molecule has 0 aliphatic carbocycles. The summed E-state index contributed by atoms with van der Waals surface area (Å²) in [5.41, 5.74) is -1.76. The highest BCUT2D eigenvalue weighted by Crippen LogP contribution is 2.30. The SMILES string of the molecule is CC1N(C(=O)OC(C)(C)C)CC1(O)CN=O. The van der Waals surface area contributed by atoms with Crippen molar-refractivity contribution in [2.45, 2.75) is 44.9 Å². The van der Waals surface area contributed by atoms with E-state index in [1.165, 1.54) is 4.90 Å². The van der Waals surface area contributed by atoms with Gasteiger partial charge in [0.15, 0.2) is 0 Å². The van der Waals surface area contributed by atoms with Crippen molar-refractivity contribution in [1.29, 1.82) is 0 Å². The molecule has 0 bridgehead atoms. The molecule has 2 atom stereocenters. The number of aliphatic hydroxyl groups is 1. The molecule has 1 amide bonds. The summed E-state index contributed by atoms with van der Waals surface area (Å²) in [5, 5.41) is 12.5. The third-order valence-electron chi connectivity index (χ3n) is 2.66. The third-order valence-corrected chi connectivity index (χ3v) is 2.66. The van der Waals surface area contributed by atoms with Gasteiger partial charge in [-0.1, -0.05) is 5.18 Å². The van der Waals surface area contributed by atoms with Gasteiger partial charge in [-0.05, 0) is 27.7 Å². The topological polar surface area (TPSA) is 79.2 Å². The number of carbonyl (C=O) groups excluding carboxylic acids is 1. The van der Waals surface area contributed by atoms with E-state index in [1.807, 2.05) is 0 Å². The van der Waals surface area contributed by atoms with E-state index >= 15 is 0 Å². The Morgan fingerprint density at radius 1 is 1.62 bits per heavy atom. The summed E-state index contributed by atoms with van der Waals surface area (Å²) in [7, 11) is 0. The molecule has 6 heteroatoms. The molecule has 1 aliphatic heterocycles. The molecule has 0 spiro atoms. The number of likely N-dealkylation sites (tertiary alicyclic amines) is 1. The Kier molecular flexibility index (Phi) is 3.23. The van der Waals surface area contributed by atoms with Crippen LogP contribution in [0.15, 0.2) is 5.18 Å². The van der Waals surface area contributed by atoms with E-state index in [4.69, 9.17) is 4.74 Å². The lowest BCUT2D eigenvalue weighted by Crippen LogP contribution is -2.71. The lowest BCUT2D eigenvalue weighted by molar-refractivity contribution is -0.132. The van der Waals surface area contributed by atoms with Crippen molar-refractivity contribution in [3.63, 3.8) is 0 Å². The van der Waals surface area contributed by atoms with Crippen molar-refractivity contribution in [3.05, 3.63) is 4.91 Å². The molecule has 0 aromatic carbocycles. The van der Waals surface area contributed by atoms with E-state index in [0.29, 0.717) is 0 Å². The Morgan fingerprint density at radius 3 is 2.56 bits per heavy atom. The first-order chi connectivity index (χ1) is 7.19. The van der Waals surface area contributed by atoms with Gasteiger partial charge in [0, 0.05) is 0 Å². The Hall–Kier alpha value is -1.17. The summed E-state index contributed by atoms with van der Waals surface area (Å²) in [6, 6.07) is -0.444. The summed E-state index contributed by atoms with van der Waals surface area (Å²) in [6.07, 6.45) is -0.476. The van der Waals surface area contributed by atoms with Crippen LogP contribution in [0.1, 0.15) is 27.7 Å². The zero-order valence-corrected chi connectivity index (χ0v) is 10.1. The monoisotopic (exact) mass is 230 g/mol. The van der Waals surface area contributed by atoms with E-state index in [9.17, 15) is 14.8 Å². The number of nitroso groups, excluding NO2 is 1. The molecule has 0 aromatic heterocycles. The predicted octanol–water partition coefficient (Wildman–Crippen LogP) is 1.12. The fourth-order valence-electron chi connectivity index (χ4n) is 1.58. The van der Waals surface area contributed by atoms with E-state index in [2.05, 4.69) is 5.18 Å². The molecule has 0 saturated carbocycles. The van der Waals surface area contributed by atoms with Gasteiger partial charge in [0.1, 0.15) is 17.7 Å². The van der Waals surface area contributed by atoms with Crippen LogP contribution in [0.2, 0.25) is 0 Å².